The summed E-state index contributed by atoms with van der Waals surface area (Å²) in [5.74, 6) is -0.331. The minimum atomic E-state index is -0.597. The Balaban J connectivity index is 1.97. The van der Waals surface area contributed by atoms with Crippen LogP contribution in [0.1, 0.15) is 58.6 Å². The normalized spacial score (nSPS) is 27.9. The van der Waals surface area contributed by atoms with E-state index >= 15 is 0 Å². The van der Waals surface area contributed by atoms with Crippen molar-refractivity contribution in [1.82, 2.24) is 5.06 Å². The molecule has 7 heteroatoms. The molecule has 0 aromatic heterocycles. The summed E-state index contributed by atoms with van der Waals surface area (Å²) in [4.78, 5) is 9.28. The van der Waals surface area contributed by atoms with Crippen molar-refractivity contribution in [2.24, 2.45) is 5.11 Å². The fourth-order valence-electron chi connectivity index (χ4n) is 3.94. The SMILES string of the molecule is CC1(C)CCCC(C)(C)N1OC1c2cc(F)ccc2NC1N=[N+]=[N-]. The number of nitrogens with zero attached hydrogens (tertiary/aromatic N) is 4. The molecule has 1 saturated heterocycles. The fourth-order valence-corrected chi connectivity index (χ4v) is 3.94. The molecule has 1 fully saturated rings. The van der Waals surface area contributed by atoms with Gasteiger partial charge in [0.2, 0.25) is 0 Å². The lowest BCUT2D eigenvalue weighted by Crippen LogP contribution is -2.58. The number of azide groups is 1. The predicted octanol–water partition coefficient (Wildman–Crippen LogP) is 4.90. The van der Waals surface area contributed by atoms with Gasteiger partial charge < -0.3 is 5.32 Å². The van der Waals surface area contributed by atoms with Crippen LogP contribution in [0.3, 0.4) is 0 Å². The minimum absolute atomic E-state index is 0.154. The summed E-state index contributed by atoms with van der Waals surface area (Å²) in [6.07, 6.45) is 2.01. The van der Waals surface area contributed by atoms with Crippen LogP contribution in [-0.4, -0.2) is 22.3 Å². The highest BCUT2D eigenvalue weighted by molar-refractivity contribution is 5.58. The lowest BCUT2D eigenvalue weighted by Gasteiger charge is -2.52. The average molecular weight is 333 g/mol. The van der Waals surface area contributed by atoms with Crippen LogP contribution in [0.5, 0.6) is 0 Å². The number of hydrogen-bond donors (Lipinski definition) is 1. The summed E-state index contributed by atoms with van der Waals surface area (Å²) < 4.78 is 13.7. The van der Waals surface area contributed by atoms with E-state index in [1.807, 2.05) is 5.06 Å². The van der Waals surface area contributed by atoms with Crippen LogP contribution in [0, 0.1) is 5.82 Å². The third-order valence-corrected chi connectivity index (χ3v) is 4.98. The number of piperidine rings is 1. The number of halogens is 1. The highest BCUT2D eigenvalue weighted by Crippen LogP contribution is 2.44. The molecule has 1 aromatic rings. The number of hydroxylamine groups is 2. The van der Waals surface area contributed by atoms with E-state index in [1.165, 1.54) is 12.1 Å². The van der Waals surface area contributed by atoms with Crippen molar-refractivity contribution < 1.29 is 9.23 Å². The second-order valence-corrected chi connectivity index (χ2v) is 7.82. The molecule has 2 aliphatic heterocycles. The van der Waals surface area contributed by atoms with E-state index in [-0.39, 0.29) is 16.9 Å². The third-order valence-electron chi connectivity index (χ3n) is 4.98. The predicted molar refractivity (Wildman–Crippen MR) is 90.6 cm³/mol. The Morgan fingerprint density at radius 1 is 1.29 bits per heavy atom. The number of anilines is 1. The van der Waals surface area contributed by atoms with Gasteiger partial charge in [-0.25, -0.2) is 4.39 Å². The summed E-state index contributed by atoms with van der Waals surface area (Å²) in [6.45, 7) is 8.58. The third kappa shape index (κ3) is 2.95. The summed E-state index contributed by atoms with van der Waals surface area (Å²) in [5.41, 5.74) is 9.98. The largest absolute Gasteiger partial charge is 0.374 e. The van der Waals surface area contributed by atoms with E-state index in [0.717, 1.165) is 24.9 Å². The first-order chi connectivity index (χ1) is 11.2. The van der Waals surface area contributed by atoms with E-state index in [1.54, 1.807) is 6.07 Å². The zero-order valence-electron chi connectivity index (χ0n) is 14.6. The molecule has 0 radical (unpaired) electrons. The molecule has 24 heavy (non-hydrogen) atoms. The van der Waals surface area contributed by atoms with Crippen molar-refractivity contribution in [3.05, 3.63) is 40.0 Å². The Labute approximate surface area is 141 Å². The van der Waals surface area contributed by atoms with Gasteiger partial charge in [0.05, 0.1) is 0 Å². The average Bonchev–Trinajstić information content (AvgIpc) is 2.80. The molecule has 3 rings (SSSR count). The number of fused-ring (bicyclic) bond motifs is 1. The second kappa shape index (κ2) is 5.92. The zero-order chi connectivity index (χ0) is 17.5. The molecule has 1 N–H and O–H groups in total. The Hall–Kier alpha value is -1.82. The maximum Gasteiger partial charge on any atom is 0.138 e. The number of rotatable bonds is 3. The van der Waals surface area contributed by atoms with E-state index in [4.69, 9.17) is 10.4 Å². The smallest absolute Gasteiger partial charge is 0.138 e. The number of nitrogens with one attached hydrogen (secondary N) is 1. The van der Waals surface area contributed by atoms with Crippen LogP contribution in [0.4, 0.5) is 10.1 Å². The summed E-state index contributed by atoms with van der Waals surface area (Å²) in [7, 11) is 0. The lowest BCUT2D eigenvalue weighted by molar-refractivity contribution is -0.307. The van der Waals surface area contributed by atoms with Crippen LogP contribution in [0.2, 0.25) is 0 Å². The Morgan fingerprint density at radius 3 is 2.58 bits per heavy atom. The van der Waals surface area contributed by atoms with Crippen LogP contribution < -0.4 is 5.32 Å². The highest BCUT2D eigenvalue weighted by Gasteiger charge is 2.46. The van der Waals surface area contributed by atoms with E-state index in [2.05, 4.69) is 43.0 Å². The molecule has 0 spiro atoms. The van der Waals surface area contributed by atoms with Crippen molar-refractivity contribution in [1.29, 1.82) is 0 Å². The second-order valence-electron chi connectivity index (χ2n) is 7.82. The van der Waals surface area contributed by atoms with Gasteiger partial charge >= 0.3 is 0 Å². The van der Waals surface area contributed by atoms with Gasteiger partial charge in [-0.1, -0.05) is 5.11 Å². The first kappa shape index (κ1) is 17.0. The van der Waals surface area contributed by atoms with Crippen molar-refractivity contribution in [3.8, 4) is 0 Å². The van der Waals surface area contributed by atoms with Crippen molar-refractivity contribution >= 4 is 5.69 Å². The molecule has 0 aliphatic carbocycles. The van der Waals surface area contributed by atoms with Gasteiger partial charge in [-0.2, -0.15) is 5.06 Å². The van der Waals surface area contributed by atoms with Crippen molar-refractivity contribution in [2.75, 3.05) is 5.32 Å². The van der Waals surface area contributed by atoms with Crippen molar-refractivity contribution in [2.45, 2.75) is 70.3 Å². The van der Waals surface area contributed by atoms with Crippen LogP contribution in [0.15, 0.2) is 23.3 Å². The van der Waals surface area contributed by atoms with Gasteiger partial charge in [0, 0.05) is 27.2 Å². The minimum Gasteiger partial charge on any atom is -0.374 e. The number of benzene rings is 1. The standard InChI is InChI=1S/C17H24FN5O/c1-16(2)8-5-9-17(3,4)23(16)24-14-12-10-11(18)6-7-13(12)20-15(14)21-22-19/h6-7,10,14-15,20H,5,8-9H2,1-4H3. The van der Waals surface area contributed by atoms with Crippen LogP contribution in [0.25, 0.3) is 10.4 Å². The molecule has 2 atom stereocenters. The number of hydrogen-bond acceptors (Lipinski definition) is 4. The molecular formula is C17H24FN5O. The van der Waals surface area contributed by atoms with Crippen LogP contribution >= 0.6 is 0 Å². The summed E-state index contributed by atoms with van der Waals surface area (Å²) >= 11 is 0. The molecule has 0 saturated carbocycles. The Bertz CT molecular complexity index is 668. The van der Waals surface area contributed by atoms with Gasteiger partial charge in [-0.15, -0.1) is 0 Å². The molecule has 130 valence electrons. The zero-order valence-corrected chi connectivity index (χ0v) is 14.6. The molecule has 1 aromatic carbocycles. The Morgan fingerprint density at radius 2 is 1.96 bits per heavy atom. The van der Waals surface area contributed by atoms with Gasteiger partial charge in [0.25, 0.3) is 0 Å². The maximum atomic E-state index is 13.7. The monoisotopic (exact) mass is 333 g/mol. The van der Waals surface area contributed by atoms with Crippen molar-refractivity contribution in [3.63, 3.8) is 0 Å². The highest BCUT2D eigenvalue weighted by atomic mass is 19.1. The quantitative estimate of drug-likeness (QED) is 0.485. The lowest BCUT2D eigenvalue weighted by atomic mass is 9.82. The molecule has 0 amide bonds. The molecule has 2 aliphatic rings. The van der Waals surface area contributed by atoms with Gasteiger partial charge in [0.1, 0.15) is 18.1 Å². The maximum absolute atomic E-state index is 13.7. The molecular weight excluding hydrogens is 309 g/mol. The molecule has 0 bridgehead atoms. The first-order valence-corrected chi connectivity index (χ1v) is 8.32. The first-order valence-electron chi connectivity index (χ1n) is 8.32. The summed E-state index contributed by atoms with van der Waals surface area (Å²) in [6, 6.07) is 4.49. The molecule has 2 unspecified atom stereocenters. The molecule has 2 heterocycles. The Kier molecular flexibility index (Phi) is 4.20. The van der Waals surface area contributed by atoms with E-state index < -0.39 is 12.3 Å². The topological polar surface area (TPSA) is 73.3 Å². The van der Waals surface area contributed by atoms with Gasteiger partial charge in [0.15, 0.2) is 0 Å². The molecule has 6 nitrogen and oxygen atoms in total. The van der Waals surface area contributed by atoms with Crippen LogP contribution in [-0.2, 0) is 4.84 Å². The van der Waals surface area contributed by atoms with Gasteiger partial charge in [-0.05, 0) is 70.7 Å². The van der Waals surface area contributed by atoms with E-state index in [9.17, 15) is 4.39 Å². The fraction of sp³-hybridized carbons (Fsp3) is 0.647. The summed E-state index contributed by atoms with van der Waals surface area (Å²) in [5, 5.41) is 8.93. The van der Waals surface area contributed by atoms with E-state index in [0.29, 0.717) is 5.56 Å². The van der Waals surface area contributed by atoms with Gasteiger partial charge in [-0.3, -0.25) is 4.84 Å².